The predicted octanol–water partition coefficient (Wildman–Crippen LogP) is 3.09. The summed E-state index contributed by atoms with van der Waals surface area (Å²) in [6.07, 6.45) is 3.91. The van der Waals surface area contributed by atoms with Gasteiger partial charge in [-0.2, -0.15) is 0 Å². The molecule has 106 valence electrons. The smallest absolute Gasteiger partial charge is 0.307 e. The Kier molecular flexibility index (Phi) is 4.82. The molecule has 0 amide bonds. The topological polar surface area (TPSA) is 29.5 Å². The van der Waals surface area contributed by atoms with Gasteiger partial charge in [0.1, 0.15) is 0 Å². The molecular formula is C15H29NO2. The normalized spacial score (nSPS) is 31.4. The van der Waals surface area contributed by atoms with E-state index in [1.165, 1.54) is 6.42 Å². The van der Waals surface area contributed by atoms with Crippen LogP contribution in [0.3, 0.4) is 0 Å². The number of rotatable bonds is 4. The van der Waals surface area contributed by atoms with Crippen LogP contribution < -0.4 is 0 Å². The number of ether oxygens (including phenoxy) is 1. The number of hydrogen-bond acceptors (Lipinski definition) is 3. The van der Waals surface area contributed by atoms with Gasteiger partial charge in [-0.3, -0.25) is 4.79 Å². The van der Waals surface area contributed by atoms with Gasteiger partial charge in [-0.1, -0.05) is 20.8 Å². The Labute approximate surface area is 112 Å². The lowest BCUT2D eigenvalue weighted by Gasteiger charge is -2.51. The number of hydrogen-bond donors (Lipinski definition) is 0. The Morgan fingerprint density at radius 1 is 1.33 bits per heavy atom. The van der Waals surface area contributed by atoms with Gasteiger partial charge in [0.05, 0.1) is 13.0 Å². The fourth-order valence-corrected chi connectivity index (χ4v) is 3.81. The Hall–Kier alpha value is -0.570. The minimum absolute atomic E-state index is 0.0343. The van der Waals surface area contributed by atoms with Gasteiger partial charge in [0, 0.05) is 5.54 Å². The molecule has 0 spiro atoms. The fourth-order valence-electron chi connectivity index (χ4n) is 3.81. The van der Waals surface area contributed by atoms with Crippen LogP contribution in [0.1, 0.15) is 53.4 Å². The van der Waals surface area contributed by atoms with Crippen molar-refractivity contribution < 1.29 is 9.53 Å². The molecule has 2 atom stereocenters. The van der Waals surface area contributed by atoms with E-state index >= 15 is 0 Å². The maximum Gasteiger partial charge on any atom is 0.307 e. The summed E-state index contributed by atoms with van der Waals surface area (Å²) < 4.78 is 5.16. The summed E-state index contributed by atoms with van der Waals surface area (Å²) in [4.78, 5) is 14.1. The Bertz CT molecular complexity index is 299. The average Bonchev–Trinajstić information content (AvgIpc) is 2.13. The van der Waals surface area contributed by atoms with Crippen molar-refractivity contribution in [2.75, 3.05) is 20.7 Å². The molecule has 3 nitrogen and oxygen atoms in total. The zero-order valence-electron chi connectivity index (χ0n) is 12.9. The van der Waals surface area contributed by atoms with Crippen LogP contribution in [0.2, 0.25) is 0 Å². The molecule has 0 aromatic rings. The largest absolute Gasteiger partial charge is 0.466 e. The summed E-state index contributed by atoms with van der Waals surface area (Å²) in [5.41, 5.74) is 0.266. The quantitative estimate of drug-likeness (QED) is 0.723. The van der Waals surface area contributed by atoms with Gasteiger partial charge in [-0.25, -0.2) is 0 Å². The Balaban J connectivity index is 2.89. The number of nitrogens with zero attached hydrogens (tertiary/aromatic N) is 1. The summed E-state index contributed by atoms with van der Waals surface area (Å²) >= 11 is 0. The van der Waals surface area contributed by atoms with Crippen molar-refractivity contribution in [1.82, 2.24) is 4.90 Å². The standard InChI is InChI=1S/C15H29NO2/c1-7-18-13(17)10-15(16(5)6)9-12(2)8-14(3,4)11-15/h12H,7-11H2,1-6H3. The zero-order chi connectivity index (χ0) is 14.0. The van der Waals surface area contributed by atoms with Crippen molar-refractivity contribution in [3.05, 3.63) is 0 Å². The highest BCUT2D eigenvalue weighted by molar-refractivity contribution is 5.71. The first-order chi connectivity index (χ1) is 8.21. The van der Waals surface area contributed by atoms with Gasteiger partial charge in [-0.05, 0) is 51.6 Å². The summed E-state index contributed by atoms with van der Waals surface area (Å²) in [5, 5.41) is 0. The van der Waals surface area contributed by atoms with E-state index in [2.05, 4.69) is 39.8 Å². The van der Waals surface area contributed by atoms with Gasteiger partial charge < -0.3 is 9.64 Å². The summed E-state index contributed by atoms with van der Waals surface area (Å²) in [6.45, 7) is 9.26. The first kappa shape index (κ1) is 15.5. The summed E-state index contributed by atoms with van der Waals surface area (Å²) in [6, 6.07) is 0. The highest BCUT2D eigenvalue weighted by Crippen LogP contribution is 2.47. The van der Waals surface area contributed by atoms with E-state index in [0.717, 1.165) is 12.8 Å². The molecule has 0 N–H and O–H groups in total. The molecule has 1 aliphatic carbocycles. The van der Waals surface area contributed by atoms with Gasteiger partial charge in [0.15, 0.2) is 0 Å². The van der Waals surface area contributed by atoms with Crippen LogP contribution in [-0.4, -0.2) is 37.1 Å². The van der Waals surface area contributed by atoms with E-state index in [0.29, 0.717) is 24.4 Å². The van der Waals surface area contributed by atoms with Crippen molar-refractivity contribution in [1.29, 1.82) is 0 Å². The molecule has 0 aromatic heterocycles. The highest BCUT2D eigenvalue weighted by atomic mass is 16.5. The molecule has 1 aliphatic rings. The number of carbonyl (C=O) groups is 1. The molecular weight excluding hydrogens is 226 g/mol. The third-order valence-corrected chi connectivity index (χ3v) is 4.16. The average molecular weight is 255 g/mol. The van der Waals surface area contributed by atoms with Gasteiger partial charge >= 0.3 is 5.97 Å². The van der Waals surface area contributed by atoms with Crippen molar-refractivity contribution in [3.8, 4) is 0 Å². The van der Waals surface area contributed by atoms with E-state index in [1.54, 1.807) is 0 Å². The van der Waals surface area contributed by atoms with E-state index in [1.807, 2.05) is 6.92 Å². The second-order valence-electron chi connectivity index (χ2n) is 6.95. The number of esters is 1. The second kappa shape index (κ2) is 5.60. The molecule has 0 bridgehead atoms. The van der Waals surface area contributed by atoms with Gasteiger partial charge in [0.2, 0.25) is 0 Å². The molecule has 1 saturated carbocycles. The lowest BCUT2D eigenvalue weighted by molar-refractivity contribution is -0.148. The molecule has 18 heavy (non-hydrogen) atoms. The van der Waals surface area contributed by atoms with Crippen LogP contribution in [-0.2, 0) is 9.53 Å². The monoisotopic (exact) mass is 255 g/mol. The third-order valence-electron chi connectivity index (χ3n) is 4.16. The van der Waals surface area contributed by atoms with Crippen LogP contribution in [0.4, 0.5) is 0 Å². The lowest BCUT2D eigenvalue weighted by Crippen LogP contribution is -2.53. The zero-order valence-corrected chi connectivity index (χ0v) is 12.9. The van der Waals surface area contributed by atoms with Crippen molar-refractivity contribution in [2.24, 2.45) is 11.3 Å². The Morgan fingerprint density at radius 2 is 1.94 bits per heavy atom. The lowest BCUT2D eigenvalue weighted by atomic mass is 9.63. The Morgan fingerprint density at radius 3 is 2.39 bits per heavy atom. The molecule has 0 aliphatic heterocycles. The van der Waals surface area contributed by atoms with Crippen LogP contribution in [0.5, 0.6) is 0 Å². The van der Waals surface area contributed by atoms with E-state index in [-0.39, 0.29) is 11.5 Å². The first-order valence-corrected chi connectivity index (χ1v) is 7.04. The van der Waals surface area contributed by atoms with Crippen LogP contribution in [0.15, 0.2) is 0 Å². The second-order valence-corrected chi connectivity index (χ2v) is 6.95. The van der Waals surface area contributed by atoms with Crippen LogP contribution >= 0.6 is 0 Å². The SMILES string of the molecule is CCOC(=O)CC1(N(C)C)CC(C)CC(C)(C)C1. The van der Waals surface area contributed by atoms with E-state index in [4.69, 9.17) is 4.74 Å². The van der Waals surface area contributed by atoms with E-state index < -0.39 is 0 Å². The molecule has 0 saturated heterocycles. The summed E-state index contributed by atoms with van der Waals surface area (Å²) in [5.74, 6) is 0.599. The molecule has 3 heteroatoms. The van der Waals surface area contributed by atoms with Crippen LogP contribution in [0, 0.1) is 11.3 Å². The van der Waals surface area contributed by atoms with Gasteiger partial charge in [0.25, 0.3) is 0 Å². The minimum Gasteiger partial charge on any atom is -0.466 e. The highest BCUT2D eigenvalue weighted by Gasteiger charge is 2.45. The molecule has 1 fully saturated rings. The number of carbonyl (C=O) groups excluding carboxylic acids is 1. The molecule has 0 aromatic carbocycles. The maximum atomic E-state index is 11.9. The molecule has 0 heterocycles. The predicted molar refractivity (Wildman–Crippen MR) is 74.5 cm³/mol. The molecule has 2 unspecified atom stereocenters. The van der Waals surface area contributed by atoms with Gasteiger partial charge in [-0.15, -0.1) is 0 Å². The molecule has 0 radical (unpaired) electrons. The fraction of sp³-hybridized carbons (Fsp3) is 0.933. The first-order valence-electron chi connectivity index (χ1n) is 7.04. The minimum atomic E-state index is -0.0592. The van der Waals surface area contributed by atoms with Crippen molar-refractivity contribution >= 4 is 5.97 Å². The van der Waals surface area contributed by atoms with Crippen molar-refractivity contribution in [2.45, 2.75) is 58.9 Å². The third kappa shape index (κ3) is 3.71. The molecule has 1 rings (SSSR count). The summed E-state index contributed by atoms with van der Waals surface area (Å²) in [7, 11) is 4.18. The maximum absolute atomic E-state index is 11.9. The van der Waals surface area contributed by atoms with E-state index in [9.17, 15) is 4.79 Å². The van der Waals surface area contributed by atoms with Crippen LogP contribution in [0.25, 0.3) is 0 Å². The van der Waals surface area contributed by atoms with Crippen molar-refractivity contribution in [3.63, 3.8) is 0 Å².